The summed E-state index contributed by atoms with van der Waals surface area (Å²) in [7, 11) is -3.66. The highest BCUT2D eigenvalue weighted by atomic mass is 32.2. The van der Waals surface area contributed by atoms with Crippen molar-refractivity contribution in [2.45, 2.75) is 62.8 Å². The Bertz CT molecular complexity index is 787. The second-order valence-corrected chi connectivity index (χ2v) is 9.27. The lowest BCUT2D eigenvalue weighted by Crippen LogP contribution is -2.47. The lowest BCUT2D eigenvalue weighted by molar-refractivity contribution is -0.134. The maximum atomic E-state index is 12.8. The molecule has 2 saturated carbocycles. The van der Waals surface area contributed by atoms with E-state index in [-0.39, 0.29) is 10.9 Å². The summed E-state index contributed by atoms with van der Waals surface area (Å²) in [6.07, 6.45) is 7.70. The van der Waals surface area contributed by atoms with Crippen LogP contribution in [0, 0.1) is 11.3 Å². The Morgan fingerprint density at radius 1 is 1.35 bits per heavy atom. The van der Waals surface area contributed by atoms with E-state index in [0.717, 1.165) is 38.5 Å². The number of benzene rings is 1. The van der Waals surface area contributed by atoms with Gasteiger partial charge in [-0.2, -0.15) is 0 Å². The minimum atomic E-state index is -3.66. The van der Waals surface area contributed by atoms with Gasteiger partial charge in [0.1, 0.15) is 0 Å². The largest absolute Gasteiger partial charge is 0.478 e. The Morgan fingerprint density at radius 3 is 2.69 bits per heavy atom. The molecule has 2 aliphatic carbocycles. The third-order valence-electron chi connectivity index (χ3n) is 5.91. The second kappa shape index (κ2) is 7.53. The number of hydrogen-bond acceptors (Lipinski definition) is 3. The Labute approximate surface area is 155 Å². The summed E-state index contributed by atoms with van der Waals surface area (Å²) in [6.45, 7) is 2.07. The van der Waals surface area contributed by atoms with E-state index < -0.39 is 21.4 Å². The Balaban J connectivity index is 1.90. The molecular weight excluding hydrogens is 350 g/mol. The number of carbonyl (C=O) groups is 1. The number of carboxylic acids is 1. The number of carboxylic acid groups (broad SMARTS) is 1. The zero-order chi connectivity index (χ0) is 18.8. The number of rotatable bonds is 8. The summed E-state index contributed by atoms with van der Waals surface area (Å²) in [6, 6.07) is 7.94. The van der Waals surface area contributed by atoms with Gasteiger partial charge in [0, 0.05) is 17.0 Å². The monoisotopic (exact) mass is 377 g/mol. The van der Waals surface area contributed by atoms with Crippen LogP contribution in [0.2, 0.25) is 0 Å². The maximum Gasteiger partial charge on any atom is 0.331 e. The Hall–Kier alpha value is -1.66. The van der Waals surface area contributed by atoms with Crippen molar-refractivity contribution in [1.29, 1.82) is 0 Å². The molecule has 1 aromatic carbocycles. The zero-order valence-electron chi connectivity index (χ0n) is 15.1. The van der Waals surface area contributed by atoms with Gasteiger partial charge in [-0.1, -0.05) is 44.0 Å². The molecule has 142 valence electrons. The van der Waals surface area contributed by atoms with Gasteiger partial charge in [-0.25, -0.2) is 17.9 Å². The summed E-state index contributed by atoms with van der Waals surface area (Å²) < 4.78 is 28.4. The van der Waals surface area contributed by atoms with E-state index in [9.17, 15) is 18.3 Å². The average Bonchev–Trinajstić information content (AvgIpc) is 3.17. The molecule has 1 aromatic rings. The number of allylic oxidation sites excluding steroid dienone is 1. The molecule has 6 heteroatoms. The van der Waals surface area contributed by atoms with E-state index in [1.54, 1.807) is 30.3 Å². The van der Waals surface area contributed by atoms with E-state index in [4.69, 9.17) is 0 Å². The molecule has 0 aliphatic heterocycles. The van der Waals surface area contributed by atoms with Crippen molar-refractivity contribution >= 4 is 16.0 Å². The van der Waals surface area contributed by atoms with Gasteiger partial charge in [0.05, 0.1) is 4.90 Å². The molecule has 2 fully saturated rings. The van der Waals surface area contributed by atoms with E-state index in [1.807, 2.05) is 6.08 Å². The standard InChI is InChI=1S/C20H27NO4S/c1-2-3-5-10-17(19(22)23)20-12-11-15(14-20)13-18(20)21-26(24,25)16-8-6-4-7-9-16/h4,6-10,15,18,21H,2-3,5,11-14H2,1H3,(H,22,23)/b17-10-. The number of hydrogen-bond donors (Lipinski definition) is 2. The van der Waals surface area contributed by atoms with Crippen LogP contribution in [-0.2, 0) is 14.8 Å². The molecule has 2 N–H and O–H groups in total. The molecule has 0 aromatic heterocycles. The highest BCUT2D eigenvalue weighted by molar-refractivity contribution is 7.89. The maximum absolute atomic E-state index is 12.8. The SMILES string of the molecule is CCCC/C=C(/C(=O)O)C12CCC(CC1NS(=O)(=O)c1ccccc1)C2. The van der Waals surface area contributed by atoms with Crippen LogP contribution in [0.25, 0.3) is 0 Å². The second-order valence-electron chi connectivity index (χ2n) is 7.55. The number of fused-ring (bicyclic) bond motifs is 2. The molecule has 26 heavy (non-hydrogen) atoms. The number of sulfonamides is 1. The first-order valence-electron chi connectivity index (χ1n) is 9.40. The number of aliphatic carboxylic acids is 1. The van der Waals surface area contributed by atoms with E-state index in [2.05, 4.69) is 11.6 Å². The minimum absolute atomic E-state index is 0.227. The minimum Gasteiger partial charge on any atom is -0.478 e. The van der Waals surface area contributed by atoms with Gasteiger partial charge in [0.2, 0.25) is 10.0 Å². The van der Waals surface area contributed by atoms with Crippen molar-refractivity contribution in [3.63, 3.8) is 0 Å². The fourth-order valence-electron chi connectivity index (χ4n) is 4.66. The first-order chi connectivity index (χ1) is 12.4. The van der Waals surface area contributed by atoms with Gasteiger partial charge >= 0.3 is 5.97 Å². The third-order valence-corrected chi connectivity index (χ3v) is 7.40. The van der Waals surface area contributed by atoms with Gasteiger partial charge in [0.25, 0.3) is 0 Å². The lowest BCUT2D eigenvalue weighted by Gasteiger charge is -2.36. The van der Waals surface area contributed by atoms with Crippen LogP contribution in [0.5, 0.6) is 0 Å². The van der Waals surface area contributed by atoms with Crippen LogP contribution in [-0.4, -0.2) is 25.5 Å². The van der Waals surface area contributed by atoms with Crippen molar-refractivity contribution in [3.05, 3.63) is 42.0 Å². The molecule has 2 bridgehead atoms. The molecule has 0 spiro atoms. The predicted octanol–water partition coefficient (Wildman–Crippen LogP) is 3.72. The third kappa shape index (κ3) is 3.58. The van der Waals surface area contributed by atoms with Crippen LogP contribution < -0.4 is 4.72 Å². The van der Waals surface area contributed by atoms with Crippen molar-refractivity contribution in [2.75, 3.05) is 0 Å². The average molecular weight is 378 g/mol. The van der Waals surface area contributed by atoms with Crippen LogP contribution in [0.3, 0.4) is 0 Å². The lowest BCUT2D eigenvalue weighted by atomic mass is 9.73. The first kappa shape index (κ1) is 19.1. The van der Waals surface area contributed by atoms with E-state index >= 15 is 0 Å². The molecule has 5 nitrogen and oxygen atoms in total. The quantitative estimate of drug-likeness (QED) is 0.534. The van der Waals surface area contributed by atoms with E-state index in [0.29, 0.717) is 17.9 Å². The highest BCUT2D eigenvalue weighted by Gasteiger charge is 2.56. The van der Waals surface area contributed by atoms with Crippen molar-refractivity contribution in [1.82, 2.24) is 4.72 Å². The summed E-state index contributed by atoms with van der Waals surface area (Å²) in [4.78, 5) is 12.2. The van der Waals surface area contributed by atoms with Crippen LogP contribution in [0.15, 0.2) is 46.9 Å². The molecule has 0 radical (unpaired) electrons. The number of unbranched alkanes of at least 4 members (excludes halogenated alkanes) is 2. The van der Waals surface area contributed by atoms with Gasteiger partial charge < -0.3 is 5.11 Å². The highest BCUT2D eigenvalue weighted by Crippen LogP contribution is 2.58. The van der Waals surface area contributed by atoms with Crippen LogP contribution >= 0.6 is 0 Å². The molecular formula is C20H27NO4S. The molecule has 3 unspecified atom stereocenters. The molecule has 3 rings (SSSR count). The summed E-state index contributed by atoms with van der Waals surface area (Å²) in [5, 5.41) is 9.84. The topological polar surface area (TPSA) is 83.5 Å². The van der Waals surface area contributed by atoms with Gasteiger partial charge in [-0.05, 0) is 50.2 Å². The fraction of sp³-hybridized carbons (Fsp3) is 0.550. The number of nitrogens with one attached hydrogen (secondary N) is 1. The van der Waals surface area contributed by atoms with Crippen molar-refractivity contribution < 1.29 is 18.3 Å². The van der Waals surface area contributed by atoms with Crippen molar-refractivity contribution in [2.24, 2.45) is 11.3 Å². The Morgan fingerprint density at radius 2 is 2.08 bits per heavy atom. The summed E-state index contributed by atoms with van der Waals surface area (Å²) in [5.74, 6) is -0.514. The molecule has 0 saturated heterocycles. The molecule has 0 heterocycles. The molecule has 3 atom stereocenters. The fourth-order valence-corrected chi connectivity index (χ4v) is 6.01. The van der Waals surface area contributed by atoms with Crippen molar-refractivity contribution in [3.8, 4) is 0 Å². The Kier molecular flexibility index (Phi) is 5.53. The molecule has 0 amide bonds. The normalized spacial score (nSPS) is 28.4. The van der Waals surface area contributed by atoms with Crippen LogP contribution in [0.4, 0.5) is 0 Å². The summed E-state index contributed by atoms with van der Waals surface area (Å²) in [5.41, 5.74) is -0.168. The van der Waals surface area contributed by atoms with Gasteiger partial charge in [-0.15, -0.1) is 0 Å². The van der Waals surface area contributed by atoms with Crippen LogP contribution in [0.1, 0.15) is 51.9 Å². The smallest absolute Gasteiger partial charge is 0.331 e. The predicted molar refractivity (Wildman–Crippen MR) is 100 cm³/mol. The van der Waals surface area contributed by atoms with Gasteiger partial charge in [0.15, 0.2) is 0 Å². The van der Waals surface area contributed by atoms with Gasteiger partial charge in [-0.3, -0.25) is 0 Å². The zero-order valence-corrected chi connectivity index (χ0v) is 16.0. The summed E-state index contributed by atoms with van der Waals surface area (Å²) >= 11 is 0. The molecule has 2 aliphatic rings. The van der Waals surface area contributed by atoms with E-state index in [1.165, 1.54) is 0 Å². The first-order valence-corrected chi connectivity index (χ1v) is 10.9.